The number of nitrogens with one attached hydrogen (secondary N) is 2. The zero-order chi connectivity index (χ0) is 13.0. The van der Waals surface area contributed by atoms with E-state index in [4.69, 9.17) is 4.74 Å². The molecule has 1 unspecified atom stereocenters. The molecule has 1 aliphatic heterocycles. The molecule has 1 aromatic rings. The van der Waals surface area contributed by atoms with Crippen LogP contribution in [0.15, 0.2) is 18.3 Å². The first-order valence-corrected chi connectivity index (χ1v) is 5.77. The van der Waals surface area contributed by atoms with Crippen molar-refractivity contribution in [3.05, 3.63) is 18.3 Å². The molecule has 0 saturated carbocycles. The molecule has 96 valence electrons. The van der Waals surface area contributed by atoms with Gasteiger partial charge in [0.1, 0.15) is 5.69 Å². The molecule has 0 aromatic carbocycles. The first kappa shape index (κ1) is 12.3. The van der Waals surface area contributed by atoms with Crippen LogP contribution >= 0.6 is 0 Å². The second kappa shape index (κ2) is 5.48. The largest absolute Gasteiger partial charge is 0.480 e. The Morgan fingerprint density at radius 2 is 2.44 bits per heavy atom. The zero-order valence-electron chi connectivity index (χ0n) is 10.1. The van der Waals surface area contributed by atoms with Crippen LogP contribution in [0.3, 0.4) is 0 Å². The van der Waals surface area contributed by atoms with Crippen LogP contribution in [0, 0.1) is 5.92 Å². The van der Waals surface area contributed by atoms with Crippen LogP contribution in [0.5, 0.6) is 5.88 Å². The van der Waals surface area contributed by atoms with Crippen LogP contribution in [0.4, 0.5) is 5.69 Å². The number of aromatic nitrogens is 1. The van der Waals surface area contributed by atoms with E-state index in [1.54, 1.807) is 18.3 Å². The predicted molar refractivity (Wildman–Crippen MR) is 65.2 cm³/mol. The Morgan fingerprint density at radius 1 is 1.61 bits per heavy atom. The number of hydrogen-bond donors (Lipinski definition) is 2. The fourth-order valence-electron chi connectivity index (χ4n) is 1.84. The van der Waals surface area contributed by atoms with E-state index in [-0.39, 0.29) is 17.7 Å². The standard InChI is InChI=1S/C12H15N3O3/c1-18-12-9(3-2-6-13-12)15-11(17)8-4-5-10(16)14-7-8/h2-3,6,8H,4-5,7H2,1H3,(H,14,16)(H,15,17). The molecule has 2 rings (SSSR count). The highest BCUT2D eigenvalue weighted by Gasteiger charge is 2.25. The van der Waals surface area contributed by atoms with Gasteiger partial charge in [0.25, 0.3) is 0 Å². The fraction of sp³-hybridized carbons (Fsp3) is 0.417. The minimum atomic E-state index is -0.201. The number of hydrogen-bond acceptors (Lipinski definition) is 4. The minimum absolute atomic E-state index is 0.00184. The monoisotopic (exact) mass is 249 g/mol. The third-order valence-corrected chi connectivity index (χ3v) is 2.86. The van der Waals surface area contributed by atoms with Crippen LogP contribution in [0.25, 0.3) is 0 Å². The van der Waals surface area contributed by atoms with Crippen LogP contribution < -0.4 is 15.4 Å². The van der Waals surface area contributed by atoms with Gasteiger partial charge in [0, 0.05) is 19.2 Å². The lowest BCUT2D eigenvalue weighted by Gasteiger charge is -2.21. The molecule has 6 heteroatoms. The lowest BCUT2D eigenvalue weighted by molar-refractivity contribution is -0.126. The highest BCUT2D eigenvalue weighted by atomic mass is 16.5. The van der Waals surface area contributed by atoms with Crippen molar-refractivity contribution in [1.82, 2.24) is 10.3 Å². The van der Waals surface area contributed by atoms with Gasteiger partial charge in [0.15, 0.2) is 0 Å². The molecule has 0 aliphatic carbocycles. The summed E-state index contributed by atoms with van der Waals surface area (Å²) in [5, 5.41) is 5.45. The van der Waals surface area contributed by atoms with Gasteiger partial charge in [0.2, 0.25) is 17.7 Å². The first-order chi connectivity index (χ1) is 8.70. The third kappa shape index (κ3) is 2.77. The summed E-state index contributed by atoms with van der Waals surface area (Å²) in [6.07, 6.45) is 2.55. The van der Waals surface area contributed by atoms with Crippen molar-refractivity contribution in [1.29, 1.82) is 0 Å². The Balaban J connectivity index is 2.00. The van der Waals surface area contributed by atoms with E-state index in [0.717, 1.165) is 0 Å². The lowest BCUT2D eigenvalue weighted by Crippen LogP contribution is -2.40. The van der Waals surface area contributed by atoms with Crippen molar-refractivity contribution in [3.8, 4) is 5.88 Å². The van der Waals surface area contributed by atoms with Crippen molar-refractivity contribution < 1.29 is 14.3 Å². The summed E-state index contributed by atoms with van der Waals surface area (Å²) in [7, 11) is 1.50. The molecule has 2 amide bonds. The third-order valence-electron chi connectivity index (χ3n) is 2.86. The van der Waals surface area contributed by atoms with Gasteiger partial charge in [-0.05, 0) is 18.6 Å². The number of rotatable bonds is 3. The Hall–Kier alpha value is -2.11. The van der Waals surface area contributed by atoms with Gasteiger partial charge in [0.05, 0.1) is 13.0 Å². The number of piperidine rings is 1. The smallest absolute Gasteiger partial charge is 0.237 e. The van der Waals surface area contributed by atoms with Gasteiger partial charge in [-0.2, -0.15) is 0 Å². The molecule has 1 aliphatic rings. The maximum absolute atomic E-state index is 12.0. The van der Waals surface area contributed by atoms with E-state index in [1.165, 1.54) is 7.11 Å². The highest BCUT2D eigenvalue weighted by Crippen LogP contribution is 2.21. The van der Waals surface area contributed by atoms with E-state index in [2.05, 4.69) is 15.6 Å². The van der Waals surface area contributed by atoms with Crippen LogP contribution in [-0.2, 0) is 9.59 Å². The normalized spacial score (nSPS) is 18.9. The number of carbonyl (C=O) groups is 2. The molecule has 2 heterocycles. The Kier molecular flexibility index (Phi) is 3.76. The van der Waals surface area contributed by atoms with Crippen molar-refractivity contribution in [2.45, 2.75) is 12.8 Å². The Bertz CT molecular complexity index is 452. The highest BCUT2D eigenvalue weighted by molar-refractivity contribution is 5.94. The van der Waals surface area contributed by atoms with Crippen molar-refractivity contribution in [2.24, 2.45) is 5.92 Å². The van der Waals surface area contributed by atoms with Gasteiger partial charge in [-0.25, -0.2) is 4.98 Å². The predicted octanol–water partition coefficient (Wildman–Crippen LogP) is 0.555. The second-order valence-corrected chi connectivity index (χ2v) is 4.09. The summed E-state index contributed by atoms with van der Waals surface area (Å²) >= 11 is 0. The van der Waals surface area contributed by atoms with Gasteiger partial charge in [-0.3, -0.25) is 9.59 Å². The summed E-state index contributed by atoms with van der Waals surface area (Å²) in [6.45, 7) is 0.382. The number of anilines is 1. The van der Waals surface area contributed by atoms with Gasteiger partial charge in [-0.15, -0.1) is 0 Å². The topological polar surface area (TPSA) is 80.3 Å². The van der Waals surface area contributed by atoms with Crippen LogP contribution in [-0.4, -0.2) is 30.5 Å². The van der Waals surface area contributed by atoms with Crippen molar-refractivity contribution >= 4 is 17.5 Å². The molecular formula is C12H15N3O3. The number of ether oxygens (including phenoxy) is 1. The molecule has 0 spiro atoms. The molecule has 2 N–H and O–H groups in total. The molecule has 1 fully saturated rings. The van der Waals surface area contributed by atoms with Crippen LogP contribution in [0.1, 0.15) is 12.8 Å². The van der Waals surface area contributed by atoms with E-state index >= 15 is 0 Å². The number of nitrogens with zero attached hydrogens (tertiary/aromatic N) is 1. The van der Waals surface area contributed by atoms with Crippen molar-refractivity contribution in [2.75, 3.05) is 19.0 Å². The lowest BCUT2D eigenvalue weighted by atomic mass is 9.98. The SMILES string of the molecule is COc1ncccc1NC(=O)C1CCC(=O)NC1. The number of amides is 2. The van der Waals surface area contributed by atoms with E-state index < -0.39 is 0 Å². The van der Waals surface area contributed by atoms with E-state index in [0.29, 0.717) is 31.0 Å². The summed E-state index contributed by atoms with van der Waals surface area (Å²) in [5.41, 5.74) is 0.543. The molecule has 6 nitrogen and oxygen atoms in total. The average Bonchev–Trinajstić information content (AvgIpc) is 2.40. The van der Waals surface area contributed by atoms with Gasteiger partial charge < -0.3 is 15.4 Å². The van der Waals surface area contributed by atoms with Gasteiger partial charge in [-0.1, -0.05) is 0 Å². The van der Waals surface area contributed by atoms with E-state index in [9.17, 15) is 9.59 Å². The molecule has 18 heavy (non-hydrogen) atoms. The zero-order valence-corrected chi connectivity index (χ0v) is 10.1. The molecule has 0 bridgehead atoms. The Morgan fingerprint density at radius 3 is 3.11 bits per heavy atom. The quantitative estimate of drug-likeness (QED) is 0.820. The van der Waals surface area contributed by atoms with Crippen LogP contribution in [0.2, 0.25) is 0 Å². The van der Waals surface area contributed by atoms with Gasteiger partial charge >= 0.3 is 0 Å². The summed E-state index contributed by atoms with van der Waals surface area (Å²) in [5.74, 6) is 0.0533. The summed E-state index contributed by atoms with van der Waals surface area (Å²) in [6, 6.07) is 3.45. The molecule has 1 saturated heterocycles. The number of pyridine rings is 1. The average molecular weight is 249 g/mol. The molecule has 0 radical (unpaired) electrons. The Labute approximate surface area is 105 Å². The summed E-state index contributed by atoms with van der Waals surface area (Å²) < 4.78 is 5.06. The maximum atomic E-state index is 12.0. The molecule has 1 aromatic heterocycles. The second-order valence-electron chi connectivity index (χ2n) is 4.09. The molecule has 1 atom stereocenters. The first-order valence-electron chi connectivity index (χ1n) is 5.77. The minimum Gasteiger partial charge on any atom is -0.480 e. The number of carbonyl (C=O) groups excluding carboxylic acids is 2. The number of methoxy groups -OCH3 is 1. The van der Waals surface area contributed by atoms with E-state index in [1.807, 2.05) is 0 Å². The maximum Gasteiger partial charge on any atom is 0.237 e. The fourth-order valence-corrected chi connectivity index (χ4v) is 1.84. The molecular weight excluding hydrogens is 234 g/mol. The summed E-state index contributed by atoms with van der Waals surface area (Å²) in [4.78, 5) is 27.0. The van der Waals surface area contributed by atoms with Crippen molar-refractivity contribution in [3.63, 3.8) is 0 Å².